The van der Waals surface area contributed by atoms with Crippen molar-refractivity contribution in [3.8, 4) is 0 Å². The van der Waals surface area contributed by atoms with Gasteiger partial charge in [-0.25, -0.2) is 4.98 Å². The molecule has 96 valence electrons. The van der Waals surface area contributed by atoms with Crippen molar-refractivity contribution in [2.75, 3.05) is 0 Å². The zero-order valence-electron chi connectivity index (χ0n) is 11.1. The van der Waals surface area contributed by atoms with E-state index in [0.717, 1.165) is 29.3 Å². The summed E-state index contributed by atoms with van der Waals surface area (Å²) >= 11 is 1.78. The minimum Gasteiger partial charge on any atom is -0.319 e. The van der Waals surface area contributed by atoms with Crippen molar-refractivity contribution >= 4 is 21.6 Å². The first-order valence-electron chi connectivity index (χ1n) is 6.73. The molecule has 0 saturated heterocycles. The molecule has 1 aliphatic carbocycles. The molecule has 1 aliphatic rings. The molecule has 1 heterocycles. The molecule has 1 aromatic carbocycles. The normalized spacial score (nSPS) is 28.7. The third-order valence-corrected chi connectivity index (χ3v) is 5.24. The van der Waals surface area contributed by atoms with E-state index in [-0.39, 0.29) is 5.54 Å². The lowest BCUT2D eigenvalue weighted by Crippen LogP contribution is -2.40. The van der Waals surface area contributed by atoms with Crippen LogP contribution in [0, 0.1) is 12.8 Å². The summed E-state index contributed by atoms with van der Waals surface area (Å²) in [5.74, 6) is 0.720. The molecule has 2 atom stereocenters. The Kier molecular flexibility index (Phi) is 2.91. The van der Waals surface area contributed by atoms with Crippen LogP contribution in [0.25, 0.3) is 10.2 Å². The smallest absolute Gasteiger partial charge is 0.114 e. The summed E-state index contributed by atoms with van der Waals surface area (Å²) in [5, 5.41) is 1.13. The summed E-state index contributed by atoms with van der Waals surface area (Å²) in [7, 11) is 0. The number of hydrogen-bond donors (Lipinski definition) is 1. The number of aromatic nitrogens is 1. The van der Waals surface area contributed by atoms with E-state index in [1.54, 1.807) is 11.3 Å². The zero-order chi connectivity index (χ0) is 12.8. The molecule has 0 aliphatic heterocycles. The molecule has 3 heteroatoms. The summed E-state index contributed by atoms with van der Waals surface area (Å²) in [6.07, 6.45) is 4.69. The number of thiazole rings is 1. The highest BCUT2D eigenvalue weighted by Gasteiger charge is 2.35. The van der Waals surface area contributed by atoms with Crippen molar-refractivity contribution in [3.05, 3.63) is 28.8 Å². The average molecular weight is 260 g/mol. The molecule has 2 aromatic rings. The maximum absolute atomic E-state index is 6.62. The minimum atomic E-state index is -0.185. The van der Waals surface area contributed by atoms with Gasteiger partial charge in [-0.1, -0.05) is 25.8 Å². The van der Waals surface area contributed by atoms with E-state index < -0.39 is 0 Å². The molecule has 0 amide bonds. The third kappa shape index (κ3) is 2.06. The van der Waals surface area contributed by atoms with Gasteiger partial charge in [-0.15, -0.1) is 11.3 Å². The highest BCUT2D eigenvalue weighted by Crippen LogP contribution is 2.40. The standard InChI is InChI=1S/C15H20N2S/c1-10-5-6-12-13(8-10)18-14(17-12)15(16)7-3-4-11(2)9-15/h5-6,8,11H,3-4,7,9,16H2,1-2H3. The number of benzene rings is 1. The Labute approximate surface area is 112 Å². The van der Waals surface area contributed by atoms with Gasteiger partial charge in [0.25, 0.3) is 0 Å². The molecule has 2 unspecified atom stereocenters. The molecular weight excluding hydrogens is 240 g/mol. The van der Waals surface area contributed by atoms with Crippen molar-refractivity contribution in [3.63, 3.8) is 0 Å². The molecule has 0 radical (unpaired) electrons. The van der Waals surface area contributed by atoms with Crippen LogP contribution in [-0.2, 0) is 5.54 Å². The molecule has 3 rings (SSSR count). The first-order chi connectivity index (χ1) is 8.57. The molecule has 2 N–H and O–H groups in total. The number of hydrogen-bond acceptors (Lipinski definition) is 3. The van der Waals surface area contributed by atoms with Gasteiger partial charge in [0.05, 0.1) is 15.8 Å². The maximum atomic E-state index is 6.62. The lowest BCUT2D eigenvalue weighted by atomic mass is 9.77. The predicted octanol–water partition coefficient (Wildman–Crippen LogP) is 3.97. The minimum absolute atomic E-state index is 0.185. The van der Waals surface area contributed by atoms with Crippen LogP contribution in [0.3, 0.4) is 0 Å². The monoisotopic (exact) mass is 260 g/mol. The van der Waals surface area contributed by atoms with Crippen molar-refractivity contribution in [1.29, 1.82) is 0 Å². The van der Waals surface area contributed by atoms with E-state index in [9.17, 15) is 0 Å². The van der Waals surface area contributed by atoms with Crippen molar-refractivity contribution in [2.45, 2.75) is 45.1 Å². The predicted molar refractivity (Wildman–Crippen MR) is 77.9 cm³/mol. The van der Waals surface area contributed by atoms with Crippen LogP contribution in [0.2, 0.25) is 0 Å². The van der Waals surface area contributed by atoms with Gasteiger partial charge in [-0.3, -0.25) is 0 Å². The van der Waals surface area contributed by atoms with Gasteiger partial charge in [0.1, 0.15) is 5.01 Å². The molecule has 18 heavy (non-hydrogen) atoms. The molecule has 1 fully saturated rings. The van der Waals surface area contributed by atoms with Crippen LogP contribution in [0.5, 0.6) is 0 Å². The first-order valence-corrected chi connectivity index (χ1v) is 7.55. The lowest BCUT2D eigenvalue weighted by Gasteiger charge is -2.35. The average Bonchev–Trinajstić information content (AvgIpc) is 2.72. The number of nitrogens with zero attached hydrogens (tertiary/aromatic N) is 1. The van der Waals surface area contributed by atoms with E-state index >= 15 is 0 Å². The zero-order valence-corrected chi connectivity index (χ0v) is 11.9. The molecule has 2 nitrogen and oxygen atoms in total. The SMILES string of the molecule is Cc1ccc2nc(C3(N)CCCC(C)C3)sc2c1. The quantitative estimate of drug-likeness (QED) is 0.842. The van der Waals surface area contributed by atoms with Crippen LogP contribution in [0.1, 0.15) is 43.2 Å². The Bertz CT molecular complexity index is 575. The Morgan fingerprint density at radius 2 is 2.28 bits per heavy atom. The van der Waals surface area contributed by atoms with Gasteiger partial charge in [-0.2, -0.15) is 0 Å². The number of aryl methyl sites for hydroxylation is 1. The fourth-order valence-corrected chi connectivity index (χ4v) is 4.23. The Balaban J connectivity index is 2.03. The van der Waals surface area contributed by atoms with Gasteiger partial charge < -0.3 is 5.73 Å². The van der Waals surface area contributed by atoms with Crippen LogP contribution in [0.15, 0.2) is 18.2 Å². The largest absolute Gasteiger partial charge is 0.319 e. The van der Waals surface area contributed by atoms with E-state index in [1.165, 1.54) is 23.1 Å². The van der Waals surface area contributed by atoms with Crippen molar-refractivity contribution in [2.24, 2.45) is 11.7 Å². The molecule has 0 spiro atoms. The van der Waals surface area contributed by atoms with E-state index in [2.05, 4.69) is 32.0 Å². The summed E-state index contributed by atoms with van der Waals surface area (Å²) in [6, 6.07) is 6.45. The van der Waals surface area contributed by atoms with Gasteiger partial charge in [0.2, 0.25) is 0 Å². The van der Waals surface area contributed by atoms with Crippen molar-refractivity contribution < 1.29 is 0 Å². The highest BCUT2D eigenvalue weighted by molar-refractivity contribution is 7.18. The molecule has 1 saturated carbocycles. The van der Waals surface area contributed by atoms with Crippen LogP contribution >= 0.6 is 11.3 Å². The fourth-order valence-electron chi connectivity index (χ4n) is 3.03. The summed E-state index contributed by atoms with van der Waals surface area (Å²) in [5.41, 5.74) is 8.83. The summed E-state index contributed by atoms with van der Waals surface area (Å²) in [4.78, 5) is 4.78. The number of rotatable bonds is 1. The van der Waals surface area contributed by atoms with E-state index in [0.29, 0.717) is 0 Å². The van der Waals surface area contributed by atoms with Gasteiger partial charge >= 0.3 is 0 Å². The molecule has 1 aromatic heterocycles. The number of fused-ring (bicyclic) bond motifs is 1. The highest BCUT2D eigenvalue weighted by atomic mass is 32.1. The fraction of sp³-hybridized carbons (Fsp3) is 0.533. The van der Waals surface area contributed by atoms with Gasteiger partial charge in [-0.05, 0) is 43.4 Å². The Hall–Kier alpha value is -0.930. The summed E-state index contributed by atoms with van der Waals surface area (Å²) in [6.45, 7) is 4.43. The van der Waals surface area contributed by atoms with E-state index in [4.69, 9.17) is 10.7 Å². The first kappa shape index (κ1) is 12.1. The van der Waals surface area contributed by atoms with Crippen LogP contribution in [-0.4, -0.2) is 4.98 Å². The topological polar surface area (TPSA) is 38.9 Å². The van der Waals surface area contributed by atoms with Crippen molar-refractivity contribution in [1.82, 2.24) is 4.98 Å². The van der Waals surface area contributed by atoms with Crippen LogP contribution in [0.4, 0.5) is 0 Å². The van der Waals surface area contributed by atoms with Crippen LogP contribution < -0.4 is 5.73 Å². The Morgan fingerprint density at radius 1 is 1.44 bits per heavy atom. The lowest BCUT2D eigenvalue weighted by molar-refractivity contribution is 0.239. The second-order valence-electron chi connectivity index (χ2n) is 5.85. The summed E-state index contributed by atoms with van der Waals surface area (Å²) < 4.78 is 1.27. The Morgan fingerprint density at radius 3 is 3.06 bits per heavy atom. The second kappa shape index (κ2) is 4.32. The van der Waals surface area contributed by atoms with Gasteiger partial charge in [0.15, 0.2) is 0 Å². The third-order valence-electron chi connectivity index (χ3n) is 4.00. The number of nitrogens with two attached hydrogens (primary N) is 1. The molecule has 0 bridgehead atoms. The maximum Gasteiger partial charge on any atom is 0.114 e. The molecular formula is C15H20N2S. The second-order valence-corrected chi connectivity index (χ2v) is 6.88. The van der Waals surface area contributed by atoms with Gasteiger partial charge in [0, 0.05) is 0 Å². The van der Waals surface area contributed by atoms with E-state index in [1.807, 2.05) is 0 Å².